The summed E-state index contributed by atoms with van der Waals surface area (Å²) in [4.78, 5) is 29.0. The molecule has 1 heterocycles. The first-order valence-electron chi connectivity index (χ1n) is 10.9. The van der Waals surface area contributed by atoms with Crippen molar-refractivity contribution >= 4 is 40.9 Å². The number of carbonyl (C=O) groups is 2. The zero-order valence-electron chi connectivity index (χ0n) is 18.5. The van der Waals surface area contributed by atoms with Crippen LogP contribution in [-0.2, 0) is 4.79 Å². The van der Waals surface area contributed by atoms with Gasteiger partial charge in [0.15, 0.2) is 0 Å². The van der Waals surface area contributed by atoms with Crippen LogP contribution in [0.4, 0.5) is 11.4 Å². The number of halogens is 1. The van der Waals surface area contributed by atoms with Gasteiger partial charge in [0, 0.05) is 43.5 Å². The molecule has 0 spiro atoms. The van der Waals surface area contributed by atoms with Gasteiger partial charge < -0.3 is 15.1 Å². The number of benzene rings is 3. The number of amides is 2. The molecule has 0 saturated carbocycles. The maximum absolute atomic E-state index is 12.5. The highest BCUT2D eigenvalue weighted by molar-refractivity contribution is 6.33. The number of anilines is 2. The predicted molar refractivity (Wildman–Crippen MR) is 135 cm³/mol. The van der Waals surface area contributed by atoms with Gasteiger partial charge in [-0.05, 0) is 48.9 Å². The van der Waals surface area contributed by atoms with Gasteiger partial charge in [0.1, 0.15) is 0 Å². The largest absolute Gasteiger partial charge is 0.367 e. The number of rotatable bonds is 5. The van der Waals surface area contributed by atoms with Crippen molar-refractivity contribution in [3.05, 3.63) is 101 Å². The lowest BCUT2D eigenvalue weighted by molar-refractivity contribution is -0.126. The lowest BCUT2D eigenvalue weighted by Gasteiger charge is -2.36. The van der Waals surface area contributed by atoms with Crippen LogP contribution in [0.5, 0.6) is 0 Å². The fourth-order valence-electron chi connectivity index (χ4n) is 3.84. The molecule has 0 bridgehead atoms. The Kier molecular flexibility index (Phi) is 7.10. The summed E-state index contributed by atoms with van der Waals surface area (Å²) in [6.07, 6.45) is 3.47. The number of hydrogen-bond donors (Lipinski definition) is 1. The molecule has 0 aromatic heterocycles. The normalized spacial score (nSPS) is 13.9. The van der Waals surface area contributed by atoms with Crippen LogP contribution in [0.25, 0.3) is 6.08 Å². The standard InChI is InChI=1S/C27H26ClN3O2/c1-20-6-5-9-22(18-20)27(33)29-23-11-12-25(24(28)19-23)30-14-16-31(17-15-30)26(32)13-10-21-7-3-2-4-8-21/h2-13,18-19H,14-17H2,1H3,(H,29,33)/b13-10+. The Bertz CT molecular complexity index is 1170. The molecule has 6 heteroatoms. The summed E-state index contributed by atoms with van der Waals surface area (Å²) in [5.41, 5.74) is 4.19. The Labute approximate surface area is 199 Å². The minimum absolute atomic E-state index is 0.0128. The maximum atomic E-state index is 12.5. The van der Waals surface area contributed by atoms with E-state index in [1.807, 2.05) is 78.6 Å². The lowest BCUT2D eigenvalue weighted by Crippen LogP contribution is -2.48. The number of piperazine rings is 1. The van der Waals surface area contributed by atoms with E-state index in [0.29, 0.717) is 42.5 Å². The first kappa shape index (κ1) is 22.6. The third-order valence-electron chi connectivity index (χ3n) is 5.64. The van der Waals surface area contributed by atoms with Crippen molar-refractivity contribution in [2.75, 3.05) is 36.4 Å². The molecule has 1 saturated heterocycles. The number of nitrogens with one attached hydrogen (secondary N) is 1. The molecule has 0 radical (unpaired) electrons. The second-order valence-corrected chi connectivity index (χ2v) is 8.45. The monoisotopic (exact) mass is 459 g/mol. The average Bonchev–Trinajstić information content (AvgIpc) is 2.83. The summed E-state index contributed by atoms with van der Waals surface area (Å²) in [7, 11) is 0. The van der Waals surface area contributed by atoms with Crippen LogP contribution in [0.15, 0.2) is 78.9 Å². The summed E-state index contributed by atoms with van der Waals surface area (Å²) in [6, 6.07) is 22.8. The molecule has 1 N–H and O–H groups in total. The van der Waals surface area contributed by atoms with E-state index in [9.17, 15) is 9.59 Å². The van der Waals surface area contributed by atoms with E-state index in [1.165, 1.54) is 0 Å². The van der Waals surface area contributed by atoms with E-state index < -0.39 is 0 Å². The summed E-state index contributed by atoms with van der Waals surface area (Å²) < 4.78 is 0. The van der Waals surface area contributed by atoms with Crippen molar-refractivity contribution in [3.8, 4) is 0 Å². The predicted octanol–water partition coefficient (Wildman–Crippen LogP) is 5.26. The lowest BCUT2D eigenvalue weighted by atomic mass is 10.1. The van der Waals surface area contributed by atoms with Crippen LogP contribution in [0.2, 0.25) is 5.02 Å². The fraction of sp³-hybridized carbons (Fsp3) is 0.185. The van der Waals surface area contributed by atoms with Crippen LogP contribution in [0.3, 0.4) is 0 Å². The Hall–Kier alpha value is -3.57. The van der Waals surface area contributed by atoms with Crippen LogP contribution in [0.1, 0.15) is 21.5 Å². The van der Waals surface area contributed by atoms with Crippen molar-refractivity contribution < 1.29 is 9.59 Å². The molecule has 1 fully saturated rings. The SMILES string of the molecule is Cc1cccc(C(=O)Nc2ccc(N3CCN(C(=O)/C=C/c4ccccc4)CC3)c(Cl)c2)c1. The molecule has 3 aromatic carbocycles. The smallest absolute Gasteiger partial charge is 0.255 e. The summed E-state index contributed by atoms with van der Waals surface area (Å²) in [5.74, 6) is -0.156. The first-order chi connectivity index (χ1) is 16.0. The second kappa shape index (κ2) is 10.4. The van der Waals surface area contributed by atoms with Gasteiger partial charge in [0.05, 0.1) is 10.7 Å². The number of carbonyl (C=O) groups excluding carboxylic acids is 2. The van der Waals surface area contributed by atoms with E-state index in [0.717, 1.165) is 16.8 Å². The molecule has 4 rings (SSSR count). The van der Waals surface area contributed by atoms with Crippen LogP contribution in [-0.4, -0.2) is 42.9 Å². The number of hydrogen-bond acceptors (Lipinski definition) is 3. The Morgan fingerprint density at radius 2 is 1.67 bits per heavy atom. The molecule has 3 aromatic rings. The van der Waals surface area contributed by atoms with E-state index in [-0.39, 0.29) is 11.8 Å². The van der Waals surface area contributed by atoms with Gasteiger partial charge in [-0.15, -0.1) is 0 Å². The minimum atomic E-state index is -0.168. The molecule has 0 aliphatic carbocycles. The van der Waals surface area contributed by atoms with E-state index in [4.69, 9.17) is 11.6 Å². The van der Waals surface area contributed by atoms with Crippen LogP contribution >= 0.6 is 11.6 Å². The van der Waals surface area contributed by atoms with Gasteiger partial charge in [0.25, 0.3) is 5.91 Å². The topological polar surface area (TPSA) is 52.7 Å². The second-order valence-electron chi connectivity index (χ2n) is 8.05. The third kappa shape index (κ3) is 5.82. The quantitative estimate of drug-likeness (QED) is 0.529. The third-order valence-corrected chi connectivity index (χ3v) is 5.94. The maximum Gasteiger partial charge on any atom is 0.255 e. The Morgan fingerprint density at radius 1 is 0.909 bits per heavy atom. The highest BCUT2D eigenvalue weighted by Crippen LogP contribution is 2.30. The van der Waals surface area contributed by atoms with Crippen molar-refractivity contribution in [2.45, 2.75) is 6.92 Å². The van der Waals surface area contributed by atoms with E-state index in [1.54, 1.807) is 18.2 Å². The van der Waals surface area contributed by atoms with Crippen LogP contribution in [0, 0.1) is 6.92 Å². The molecular weight excluding hydrogens is 434 g/mol. The average molecular weight is 460 g/mol. The summed E-state index contributed by atoms with van der Waals surface area (Å²) in [6.45, 7) is 4.59. The van der Waals surface area contributed by atoms with E-state index >= 15 is 0 Å². The summed E-state index contributed by atoms with van der Waals surface area (Å²) >= 11 is 6.55. The highest BCUT2D eigenvalue weighted by Gasteiger charge is 2.21. The zero-order valence-corrected chi connectivity index (χ0v) is 19.3. The molecule has 0 unspecified atom stereocenters. The summed E-state index contributed by atoms with van der Waals surface area (Å²) in [5, 5.41) is 3.47. The van der Waals surface area contributed by atoms with Crippen molar-refractivity contribution in [1.29, 1.82) is 0 Å². The minimum Gasteiger partial charge on any atom is -0.367 e. The molecular formula is C27H26ClN3O2. The van der Waals surface area contributed by atoms with Gasteiger partial charge >= 0.3 is 0 Å². The number of nitrogens with zero attached hydrogens (tertiary/aromatic N) is 2. The molecule has 33 heavy (non-hydrogen) atoms. The Morgan fingerprint density at radius 3 is 2.36 bits per heavy atom. The molecule has 2 amide bonds. The van der Waals surface area contributed by atoms with Gasteiger partial charge in [-0.2, -0.15) is 0 Å². The Balaban J connectivity index is 1.34. The van der Waals surface area contributed by atoms with Crippen LogP contribution < -0.4 is 10.2 Å². The zero-order chi connectivity index (χ0) is 23.2. The van der Waals surface area contributed by atoms with E-state index in [2.05, 4.69) is 10.2 Å². The highest BCUT2D eigenvalue weighted by atomic mass is 35.5. The molecule has 168 valence electrons. The van der Waals surface area contributed by atoms with Crippen molar-refractivity contribution in [2.24, 2.45) is 0 Å². The molecule has 5 nitrogen and oxygen atoms in total. The van der Waals surface area contributed by atoms with Gasteiger partial charge in [-0.25, -0.2) is 0 Å². The fourth-order valence-corrected chi connectivity index (χ4v) is 4.14. The molecule has 1 aliphatic rings. The van der Waals surface area contributed by atoms with Crippen molar-refractivity contribution in [1.82, 2.24) is 4.90 Å². The molecule has 1 aliphatic heterocycles. The van der Waals surface area contributed by atoms with Gasteiger partial charge in [-0.3, -0.25) is 9.59 Å². The first-order valence-corrected chi connectivity index (χ1v) is 11.3. The van der Waals surface area contributed by atoms with Gasteiger partial charge in [-0.1, -0.05) is 59.6 Å². The van der Waals surface area contributed by atoms with Crippen molar-refractivity contribution in [3.63, 3.8) is 0 Å². The number of aryl methyl sites for hydroxylation is 1. The van der Waals surface area contributed by atoms with Gasteiger partial charge in [0.2, 0.25) is 5.91 Å². The molecule has 0 atom stereocenters.